The fraction of sp³-hybridized carbons (Fsp3) is 0.348. The van der Waals surface area contributed by atoms with E-state index in [0.29, 0.717) is 11.6 Å². The molecule has 1 aliphatic carbocycles. The summed E-state index contributed by atoms with van der Waals surface area (Å²) in [7, 11) is 0. The van der Waals surface area contributed by atoms with Gasteiger partial charge in [0.05, 0.1) is 18.6 Å². The van der Waals surface area contributed by atoms with Gasteiger partial charge >= 0.3 is 5.69 Å². The molecular formula is C23H23N3O3S. The van der Waals surface area contributed by atoms with E-state index in [1.165, 1.54) is 17.3 Å². The fourth-order valence-corrected chi connectivity index (χ4v) is 5.35. The van der Waals surface area contributed by atoms with Crippen LogP contribution in [0.5, 0.6) is 0 Å². The molecule has 7 heteroatoms. The lowest BCUT2D eigenvalue weighted by Crippen LogP contribution is -2.32. The summed E-state index contributed by atoms with van der Waals surface area (Å²) in [6.45, 7) is 1.12. The molecule has 0 saturated carbocycles. The van der Waals surface area contributed by atoms with Crippen LogP contribution in [0.1, 0.15) is 35.4 Å². The Bertz CT molecular complexity index is 1140. The number of rotatable bonds is 5. The van der Waals surface area contributed by atoms with E-state index in [2.05, 4.69) is 11.1 Å². The first-order chi connectivity index (χ1) is 14.7. The number of thioether (sulfide) groups is 1. The quantitative estimate of drug-likeness (QED) is 0.466. The van der Waals surface area contributed by atoms with Crippen LogP contribution in [0, 0.1) is 0 Å². The van der Waals surface area contributed by atoms with Crippen LogP contribution in [0.2, 0.25) is 0 Å². The number of benzene rings is 1. The van der Waals surface area contributed by atoms with Gasteiger partial charge in [0, 0.05) is 23.5 Å². The number of hydrogen-bond donors (Lipinski definition) is 0. The zero-order chi connectivity index (χ0) is 20.5. The van der Waals surface area contributed by atoms with Gasteiger partial charge in [0.1, 0.15) is 10.8 Å². The second kappa shape index (κ2) is 8.14. The number of nitrogens with zero attached hydrogens (tertiary/aromatic N) is 3. The van der Waals surface area contributed by atoms with Crippen LogP contribution < -0.4 is 10.6 Å². The Morgan fingerprint density at radius 3 is 2.83 bits per heavy atom. The molecule has 5 rings (SSSR count). The van der Waals surface area contributed by atoms with Gasteiger partial charge in [0.15, 0.2) is 0 Å². The first kappa shape index (κ1) is 19.2. The highest BCUT2D eigenvalue weighted by molar-refractivity contribution is 8.00. The average molecular weight is 422 g/mol. The SMILES string of the molecule is O=C(CSc1nc(=O)n(Cc2ccco2)c2c1CCCC2)N1CCc2ccccc21. The molecule has 0 N–H and O–H groups in total. The molecule has 154 valence electrons. The number of aromatic nitrogens is 2. The van der Waals surface area contributed by atoms with E-state index in [-0.39, 0.29) is 17.3 Å². The summed E-state index contributed by atoms with van der Waals surface area (Å²) in [4.78, 5) is 31.9. The summed E-state index contributed by atoms with van der Waals surface area (Å²) in [5, 5.41) is 0.714. The minimum atomic E-state index is -0.270. The Morgan fingerprint density at radius 1 is 1.10 bits per heavy atom. The number of carbonyl (C=O) groups excluding carboxylic acids is 1. The summed E-state index contributed by atoms with van der Waals surface area (Å²) >= 11 is 1.40. The Balaban J connectivity index is 1.38. The number of hydrogen-bond acceptors (Lipinski definition) is 5. The molecule has 2 aromatic heterocycles. The van der Waals surface area contributed by atoms with Crippen molar-refractivity contribution < 1.29 is 9.21 Å². The maximum Gasteiger partial charge on any atom is 0.349 e. The van der Waals surface area contributed by atoms with Crippen molar-refractivity contribution in [1.82, 2.24) is 9.55 Å². The number of carbonyl (C=O) groups is 1. The van der Waals surface area contributed by atoms with Crippen molar-refractivity contribution >= 4 is 23.4 Å². The van der Waals surface area contributed by atoms with E-state index in [0.717, 1.165) is 61.4 Å². The number of anilines is 1. The highest BCUT2D eigenvalue weighted by atomic mass is 32.2. The molecule has 0 atom stereocenters. The van der Waals surface area contributed by atoms with Gasteiger partial charge in [0.25, 0.3) is 0 Å². The molecule has 1 aromatic carbocycles. The van der Waals surface area contributed by atoms with Gasteiger partial charge in [-0.15, -0.1) is 0 Å². The summed E-state index contributed by atoms with van der Waals surface area (Å²) in [5.74, 6) is 1.10. The van der Waals surface area contributed by atoms with Crippen LogP contribution in [0.15, 0.2) is 56.9 Å². The minimum absolute atomic E-state index is 0.0658. The predicted molar refractivity (Wildman–Crippen MR) is 116 cm³/mol. The van der Waals surface area contributed by atoms with Gasteiger partial charge in [-0.05, 0) is 55.9 Å². The molecule has 2 aliphatic rings. The van der Waals surface area contributed by atoms with Crippen LogP contribution in [-0.2, 0) is 30.6 Å². The van der Waals surface area contributed by atoms with Crippen molar-refractivity contribution in [2.24, 2.45) is 0 Å². The van der Waals surface area contributed by atoms with Crippen LogP contribution in [0.3, 0.4) is 0 Å². The van der Waals surface area contributed by atoms with Crippen molar-refractivity contribution in [3.63, 3.8) is 0 Å². The molecule has 0 unspecified atom stereocenters. The topological polar surface area (TPSA) is 68.3 Å². The van der Waals surface area contributed by atoms with E-state index < -0.39 is 0 Å². The van der Waals surface area contributed by atoms with Crippen molar-refractivity contribution in [1.29, 1.82) is 0 Å². The highest BCUT2D eigenvalue weighted by Gasteiger charge is 2.26. The van der Waals surface area contributed by atoms with Gasteiger partial charge in [-0.3, -0.25) is 9.36 Å². The zero-order valence-corrected chi connectivity index (χ0v) is 17.5. The van der Waals surface area contributed by atoms with Gasteiger partial charge < -0.3 is 9.32 Å². The molecule has 3 aromatic rings. The third-order valence-corrected chi connectivity index (χ3v) is 6.87. The molecule has 6 nitrogen and oxygen atoms in total. The maximum atomic E-state index is 12.9. The fourth-order valence-electron chi connectivity index (χ4n) is 4.39. The monoisotopic (exact) mass is 421 g/mol. The first-order valence-corrected chi connectivity index (χ1v) is 11.4. The van der Waals surface area contributed by atoms with Crippen LogP contribution in [-0.4, -0.2) is 27.8 Å². The molecule has 0 fully saturated rings. The van der Waals surface area contributed by atoms with Gasteiger partial charge in [-0.25, -0.2) is 4.79 Å². The maximum absolute atomic E-state index is 12.9. The smallest absolute Gasteiger partial charge is 0.349 e. The zero-order valence-electron chi connectivity index (χ0n) is 16.7. The van der Waals surface area contributed by atoms with Crippen LogP contribution in [0.25, 0.3) is 0 Å². The first-order valence-electron chi connectivity index (χ1n) is 10.4. The van der Waals surface area contributed by atoms with Crippen molar-refractivity contribution in [2.45, 2.75) is 43.7 Å². The third kappa shape index (κ3) is 3.58. The van der Waals surface area contributed by atoms with Crippen molar-refractivity contribution in [3.8, 4) is 0 Å². The lowest BCUT2D eigenvalue weighted by molar-refractivity contribution is -0.116. The lowest BCUT2D eigenvalue weighted by atomic mass is 9.97. The minimum Gasteiger partial charge on any atom is -0.467 e. The molecule has 0 bridgehead atoms. The van der Waals surface area contributed by atoms with E-state index in [1.807, 2.05) is 35.2 Å². The van der Waals surface area contributed by atoms with Gasteiger partial charge in [-0.2, -0.15) is 4.98 Å². The molecule has 0 spiro atoms. The Morgan fingerprint density at radius 2 is 1.97 bits per heavy atom. The Hall–Kier alpha value is -2.80. The standard InChI is InChI=1S/C23H23N3O3S/c27-21(25-12-11-16-6-1-3-9-19(16)25)15-30-22-18-8-2-4-10-20(18)26(23(28)24-22)14-17-7-5-13-29-17/h1,3,5-7,9,13H,2,4,8,10-12,14-15H2. The summed E-state index contributed by atoms with van der Waals surface area (Å²) < 4.78 is 7.17. The number of furan rings is 1. The molecule has 0 radical (unpaired) electrons. The summed E-state index contributed by atoms with van der Waals surface area (Å²) in [6.07, 6.45) is 6.39. The van der Waals surface area contributed by atoms with Crippen LogP contribution in [0.4, 0.5) is 5.69 Å². The number of amides is 1. The summed E-state index contributed by atoms with van der Waals surface area (Å²) in [5.41, 5.74) is 4.11. The van der Waals surface area contributed by atoms with Crippen LogP contribution >= 0.6 is 11.8 Å². The van der Waals surface area contributed by atoms with E-state index in [1.54, 1.807) is 10.8 Å². The van der Waals surface area contributed by atoms with E-state index >= 15 is 0 Å². The molecular weight excluding hydrogens is 398 g/mol. The van der Waals surface area contributed by atoms with Gasteiger partial charge in [0.2, 0.25) is 5.91 Å². The van der Waals surface area contributed by atoms with Crippen molar-refractivity contribution in [2.75, 3.05) is 17.2 Å². The third-order valence-electron chi connectivity index (χ3n) is 5.87. The molecule has 30 heavy (non-hydrogen) atoms. The molecule has 1 aliphatic heterocycles. The number of fused-ring (bicyclic) bond motifs is 2. The Labute approximate surface area is 178 Å². The Kier molecular flexibility index (Phi) is 5.21. The average Bonchev–Trinajstić information content (AvgIpc) is 3.44. The number of para-hydroxylation sites is 1. The van der Waals surface area contributed by atoms with E-state index in [4.69, 9.17) is 4.42 Å². The second-order valence-corrected chi connectivity index (χ2v) is 8.67. The summed E-state index contributed by atoms with van der Waals surface area (Å²) in [6, 6.07) is 11.8. The highest BCUT2D eigenvalue weighted by Crippen LogP contribution is 2.31. The van der Waals surface area contributed by atoms with Gasteiger partial charge in [-0.1, -0.05) is 30.0 Å². The van der Waals surface area contributed by atoms with E-state index in [9.17, 15) is 9.59 Å². The second-order valence-electron chi connectivity index (χ2n) is 7.71. The predicted octanol–water partition coefficient (Wildman–Crippen LogP) is 3.44. The largest absolute Gasteiger partial charge is 0.467 e. The lowest BCUT2D eigenvalue weighted by Gasteiger charge is -2.23. The molecule has 1 amide bonds. The molecule has 3 heterocycles. The molecule has 0 saturated heterocycles. The normalized spacial score (nSPS) is 15.1. The van der Waals surface area contributed by atoms with Crippen molar-refractivity contribution in [3.05, 3.63) is 75.7 Å².